The Kier molecular flexibility index (Phi) is 4.74. The van der Waals surface area contributed by atoms with Crippen LogP contribution in [0.3, 0.4) is 0 Å². The molecule has 1 aliphatic rings. The number of carbonyl (C=O) groups is 1. The van der Waals surface area contributed by atoms with Crippen molar-refractivity contribution in [3.8, 4) is 0 Å². The fourth-order valence-corrected chi connectivity index (χ4v) is 3.57. The summed E-state index contributed by atoms with van der Waals surface area (Å²) < 4.78 is 1.45. The van der Waals surface area contributed by atoms with Gasteiger partial charge >= 0.3 is 0 Å². The first-order chi connectivity index (χ1) is 14.3. The Morgan fingerprint density at radius 1 is 1.20 bits per heavy atom. The van der Waals surface area contributed by atoms with Crippen LogP contribution in [-0.4, -0.2) is 31.0 Å². The number of rotatable bonds is 4. The zero-order chi connectivity index (χ0) is 21.4. The fourth-order valence-electron chi connectivity index (χ4n) is 3.57. The molecule has 2 aromatic carbocycles. The largest absolute Gasteiger partial charge is 0.326 e. The van der Waals surface area contributed by atoms with Crippen LogP contribution in [0, 0.1) is 24.0 Å². The quantitative estimate of drug-likeness (QED) is 0.504. The monoisotopic (exact) mass is 405 g/mol. The van der Waals surface area contributed by atoms with Crippen molar-refractivity contribution in [1.82, 2.24) is 20.2 Å². The number of fused-ring (bicyclic) bond motifs is 1. The molecule has 1 aliphatic heterocycles. The lowest BCUT2D eigenvalue weighted by Gasteiger charge is -2.28. The van der Waals surface area contributed by atoms with Crippen molar-refractivity contribution >= 4 is 23.2 Å². The Bertz CT molecular complexity index is 1200. The second-order valence-corrected chi connectivity index (χ2v) is 7.14. The van der Waals surface area contributed by atoms with Gasteiger partial charge < -0.3 is 10.6 Å². The molecule has 30 heavy (non-hydrogen) atoms. The van der Waals surface area contributed by atoms with E-state index in [-0.39, 0.29) is 11.6 Å². The molecule has 4 rings (SSSR count). The number of aryl methyl sites for hydroxylation is 2. The van der Waals surface area contributed by atoms with Gasteiger partial charge in [0.25, 0.3) is 11.6 Å². The van der Waals surface area contributed by atoms with Crippen molar-refractivity contribution in [3.63, 3.8) is 0 Å². The normalized spacial score (nSPS) is 15.4. The smallest absolute Gasteiger partial charge is 0.269 e. The third kappa shape index (κ3) is 3.39. The van der Waals surface area contributed by atoms with Crippen molar-refractivity contribution in [1.29, 1.82) is 0 Å². The zero-order valence-electron chi connectivity index (χ0n) is 16.6. The Hall–Kier alpha value is -4.08. The number of nitro groups is 1. The van der Waals surface area contributed by atoms with Crippen LogP contribution in [0.25, 0.3) is 0 Å². The standard InChI is InChI=1S/C20H19N7O3/c1-11-7-8-16(12(2)9-11)22-19(28)17-13(3)21-20-23-24-25-26(20)18(17)14-5-4-6-15(10-14)27(29)30/h4-10,18H,1-3H3,(H,22,28)(H,21,23,25)/t18-/m0/s1. The molecule has 0 spiro atoms. The number of aromatic nitrogens is 4. The second kappa shape index (κ2) is 7.39. The van der Waals surface area contributed by atoms with Crippen LogP contribution >= 0.6 is 0 Å². The van der Waals surface area contributed by atoms with E-state index in [1.807, 2.05) is 32.0 Å². The van der Waals surface area contributed by atoms with Gasteiger partial charge in [-0.3, -0.25) is 14.9 Å². The topological polar surface area (TPSA) is 128 Å². The van der Waals surface area contributed by atoms with Crippen LogP contribution in [0.1, 0.15) is 29.7 Å². The Morgan fingerprint density at radius 2 is 2.00 bits per heavy atom. The minimum atomic E-state index is -0.720. The fraction of sp³-hybridized carbons (Fsp3) is 0.200. The number of amides is 1. The highest BCUT2D eigenvalue weighted by atomic mass is 16.6. The van der Waals surface area contributed by atoms with Crippen LogP contribution in [0.2, 0.25) is 0 Å². The predicted molar refractivity (Wildman–Crippen MR) is 110 cm³/mol. The predicted octanol–water partition coefficient (Wildman–Crippen LogP) is 3.13. The molecule has 0 fully saturated rings. The number of non-ortho nitro benzene ring substituents is 1. The van der Waals surface area contributed by atoms with Gasteiger partial charge in [-0.05, 0) is 48.4 Å². The molecule has 152 valence electrons. The van der Waals surface area contributed by atoms with E-state index in [0.717, 1.165) is 11.1 Å². The van der Waals surface area contributed by atoms with Crippen LogP contribution < -0.4 is 10.6 Å². The van der Waals surface area contributed by atoms with Gasteiger partial charge in [-0.1, -0.05) is 34.9 Å². The van der Waals surface area contributed by atoms with Crippen molar-refractivity contribution in [2.24, 2.45) is 0 Å². The summed E-state index contributed by atoms with van der Waals surface area (Å²) >= 11 is 0. The maximum absolute atomic E-state index is 13.3. The number of anilines is 2. The minimum Gasteiger partial charge on any atom is -0.326 e. The van der Waals surface area contributed by atoms with Crippen molar-refractivity contribution in [2.75, 3.05) is 10.6 Å². The van der Waals surface area contributed by atoms with Crippen LogP contribution in [0.4, 0.5) is 17.3 Å². The van der Waals surface area contributed by atoms with Crippen molar-refractivity contribution in [2.45, 2.75) is 26.8 Å². The van der Waals surface area contributed by atoms with Crippen LogP contribution in [0.5, 0.6) is 0 Å². The molecule has 0 unspecified atom stereocenters. The van der Waals surface area contributed by atoms with Crippen LogP contribution in [-0.2, 0) is 4.79 Å². The van der Waals surface area contributed by atoms with Crippen molar-refractivity contribution in [3.05, 3.63) is 80.5 Å². The first-order valence-electron chi connectivity index (χ1n) is 9.24. The summed E-state index contributed by atoms with van der Waals surface area (Å²) in [5.41, 5.74) is 4.10. The lowest BCUT2D eigenvalue weighted by atomic mass is 9.94. The average Bonchev–Trinajstić information content (AvgIpc) is 3.17. The van der Waals surface area contributed by atoms with E-state index in [0.29, 0.717) is 28.5 Å². The highest BCUT2D eigenvalue weighted by Gasteiger charge is 2.34. The molecule has 1 amide bonds. The van der Waals surface area contributed by atoms with E-state index < -0.39 is 11.0 Å². The number of nitro benzene ring substituents is 1. The third-order valence-electron chi connectivity index (χ3n) is 4.99. The number of allylic oxidation sites excluding steroid dienone is 1. The van der Waals surface area contributed by atoms with E-state index in [9.17, 15) is 14.9 Å². The van der Waals surface area contributed by atoms with Crippen LogP contribution in [0.15, 0.2) is 53.7 Å². The molecule has 0 saturated heterocycles. The summed E-state index contributed by atoms with van der Waals surface area (Å²) in [7, 11) is 0. The van der Waals surface area contributed by atoms with E-state index in [4.69, 9.17) is 0 Å². The molecule has 0 radical (unpaired) electrons. The maximum Gasteiger partial charge on any atom is 0.269 e. The molecule has 1 aromatic heterocycles. The summed E-state index contributed by atoms with van der Waals surface area (Å²) in [6, 6.07) is 11.1. The molecule has 3 aromatic rings. The molecule has 2 N–H and O–H groups in total. The SMILES string of the molecule is CC1=C(C(=O)Nc2ccc(C)cc2C)[C@H](c2cccc([N+](=O)[O-])c2)n2nnnc2N1. The summed E-state index contributed by atoms with van der Waals surface area (Å²) in [5, 5.41) is 28.9. The molecule has 10 heteroatoms. The van der Waals surface area contributed by atoms with Gasteiger partial charge in [0.05, 0.1) is 10.5 Å². The highest BCUT2D eigenvalue weighted by molar-refractivity contribution is 6.06. The van der Waals surface area contributed by atoms with Gasteiger partial charge in [-0.25, -0.2) is 0 Å². The number of nitrogens with one attached hydrogen (secondary N) is 2. The molecule has 1 atom stereocenters. The first kappa shape index (κ1) is 19.2. The van der Waals surface area contributed by atoms with E-state index in [2.05, 4.69) is 26.2 Å². The Balaban J connectivity index is 1.79. The zero-order valence-corrected chi connectivity index (χ0v) is 16.6. The summed E-state index contributed by atoms with van der Waals surface area (Å²) in [6.07, 6.45) is 0. The Morgan fingerprint density at radius 3 is 2.73 bits per heavy atom. The number of hydrogen-bond donors (Lipinski definition) is 2. The Labute approximate surface area is 171 Å². The average molecular weight is 405 g/mol. The number of benzene rings is 2. The number of carbonyl (C=O) groups excluding carboxylic acids is 1. The van der Waals surface area contributed by atoms with E-state index in [1.165, 1.54) is 16.8 Å². The van der Waals surface area contributed by atoms with Gasteiger partial charge in [0.2, 0.25) is 5.95 Å². The lowest BCUT2D eigenvalue weighted by Crippen LogP contribution is -2.31. The third-order valence-corrected chi connectivity index (χ3v) is 4.99. The minimum absolute atomic E-state index is 0.0764. The molecule has 10 nitrogen and oxygen atoms in total. The molecular formula is C20H19N7O3. The summed E-state index contributed by atoms with van der Waals surface area (Å²) in [4.78, 5) is 24.1. The highest BCUT2D eigenvalue weighted by Crippen LogP contribution is 2.36. The summed E-state index contributed by atoms with van der Waals surface area (Å²) in [6.45, 7) is 5.65. The van der Waals surface area contributed by atoms with E-state index in [1.54, 1.807) is 19.1 Å². The number of hydrogen-bond acceptors (Lipinski definition) is 7. The van der Waals surface area contributed by atoms with Crippen molar-refractivity contribution < 1.29 is 9.72 Å². The lowest BCUT2D eigenvalue weighted by molar-refractivity contribution is -0.384. The molecule has 0 aliphatic carbocycles. The molecule has 2 heterocycles. The second-order valence-electron chi connectivity index (χ2n) is 7.14. The first-order valence-corrected chi connectivity index (χ1v) is 9.24. The van der Waals surface area contributed by atoms with E-state index >= 15 is 0 Å². The number of nitrogens with zero attached hydrogens (tertiary/aromatic N) is 5. The summed E-state index contributed by atoms with van der Waals surface area (Å²) in [5.74, 6) is 0.0108. The van der Waals surface area contributed by atoms with Gasteiger partial charge in [-0.15, -0.1) is 0 Å². The molecular weight excluding hydrogens is 386 g/mol. The van der Waals surface area contributed by atoms with Gasteiger partial charge in [0, 0.05) is 23.5 Å². The van der Waals surface area contributed by atoms with Gasteiger partial charge in [0.1, 0.15) is 6.04 Å². The van der Waals surface area contributed by atoms with Gasteiger partial charge in [-0.2, -0.15) is 4.68 Å². The molecule has 0 bridgehead atoms. The maximum atomic E-state index is 13.3. The molecule has 0 saturated carbocycles. The van der Waals surface area contributed by atoms with Gasteiger partial charge in [0.15, 0.2) is 0 Å². The number of tetrazole rings is 1.